The molecule has 0 bridgehead atoms. The lowest BCUT2D eigenvalue weighted by atomic mass is 9.76. The maximum absolute atomic E-state index is 14.2. The van der Waals surface area contributed by atoms with Gasteiger partial charge < -0.3 is 63.8 Å². The van der Waals surface area contributed by atoms with Gasteiger partial charge in [-0.25, -0.2) is 0 Å². The van der Waals surface area contributed by atoms with E-state index in [9.17, 15) is 30.3 Å². The van der Waals surface area contributed by atoms with Gasteiger partial charge >= 0.3 is 5.97 Å². The molecule has 0 spiro atoms. The second-order valence-corrected chi connectivity index (χ2v) is 17.7. The smallest absolute Gasteiger partial charge is 0.311 e. The third-order valence-electron chi connectivity index (χ3n) is 13.0. The van der Waals surface area contributed by atoms with Crippen molar-refractivity contribution in [1.82, 2.24) is 9.80 Å². The van der Waals surface area contributed by atoms with Crippen molar-refractivity contribution in [1.29, 1.82) is 0 Å². The number of methoxy groups -OCH3 is 1. The third-order valence-corrected chi connectivity index (χ3v) is 13.0. The fourth-order valence-corrected chi connectivity index (χ4v) is 8.88. The SMILES string of the molecule is CCC1OC(=O)[C@H](C)[C@@H](O[C@H]2C[C@@](C)(OC)[C@@](C)(O)[C@H](C)O2)[C@H](C)[C@@H](O[C@@H]2O[C@H](C)C[C@H](N(C)C)[C@H]2O)[C@](C)(O)C[C@@H](C)CN(C)[C@H](C)[C@@H](O)[C@]1(C)O. The number of carbonyl (C=O) groups is 1. The summed E-state index contributed by atoms with van der Waals surface area (Å²) in [4.78, 5) is 18.1. The molecule has 0 amide bonds. The zero-order valence-electron chi connectivity index (χ0n) is 35.1. The summed E-state index contributed by atoms with van der Waals surface area (Å²) in [6.07, 6.45) is -7.39. The van der Waals surface area contributed by atoms with Gasteiger partial charge in [-0.3, -0.25) is 4.79 Å². The molecule has 18 atom stereocenters. The fraction of sp³-hybridized carbons (Fsp3) is 0.974. The lowest BCUT2D eigenvalue weighted by Gasteiger charge is -2.52. The monoisotopic (exact) mass is 763 g/mol. The molecule has 0 aromatic carbocycles. The largest absolute Gasteiger partial charge is 0.459 e. The first kappa shape index (κ1) is 46.4. The number of likely N-dealkylation sites (N-methyl/N-ethyl adjacent to an activating group) is 2. The highest BCUT2D eigenvalue weighted by Gasteiger charge is 2.56. The Hall–Kier alpha value is -1.01. The van der Waals surface area contributed by atoms with Gasteiger partial charge in [-0.05, 0) is 102 Å². The summed E-state index contributed by atoms with van der Waals surface area (Å²) >= 11 is 0. The Morgan fingerprint density at radius 2 is 1.55 bits per heavy atom. The maximum atomic E-state index is 14.2. The summed E-state index contributed by atoms with van der Waals surface area (Å²) in [5, 5.41) is 58.7. The number of cyclic esters (lactones) is 1. The van der Waals surface area contributed by atoms with Crippen molar-refractivity contribution in [2.75, 3.05) is 34.8 Å². The molecule has 312 valence electrons. The molecule has 0 aliphatic carbocycles. The molecule has 5 N–H and O–H groups in total. The van der Waals surface area contributed by atoms with Crippen molar-refractivity contribution >= 4 is 5.97 Å². The van der Waals surface area contributed by atoms with Crippen molar-refractivity contribution in [2.45, 2.75) is 192 Å². The molecule has 14 heteroatoms. The van der Waals surface area contributed by atoms with E-state index < -0.39 is 95.5 Å². The standard InChI is InChI=1S/C39H74N2O12/c1-16-28-38(10,46)32(43)25(6)41(14)20-21(2)18-36(8,45)33(53-35-30(42)27(40(12)13)17-22(3)49-35)23(4)31(24(5)34(44)51-28)52-29-19-37(9,48-15)39(11,47)26(7)50-29/h21-33,35,42-43,45-47H,16-20H2,1-15H3/t21-,22-,23+,24-,25-,26+,27+,28?,29+,30-,31+,32-,33-,35+,36-,37-,38-,39+/m1/s1. The Balaban J connectivity index is 2.19. The highest BCUT2D eigenvalue weighted by atomic mass is 16.7. The first-order valence-corrected chi connectivity index (χ1v) is 19.5. The first-order valence-electron chi connectivity index (χ1n) is 19.5. The Morgan fingerprint density at radius 1 is 0.943 bits per heavy atom. The van der Waals surface area contributed by atoms with Crippen LogP contribution in [0.25, 0.3) is 0 Å². The second kappa shape index (κ2) is 17.6. The fourth-order valence-electron chi connectivity index (χ4n) is 8.88. The minimum atomic E-state index is -1.80. The van der Waals surface area contributed by atoms with E-state index in [0.717, 1.165) is 0 Å². The minimum Gasteiger partial charge on any atom is -0.459 e. The van der Waals surface area contributed by atoms with Crippen molar-refractivity contribution in [2.24, 2.45) is 17.8 Å². The van der Waals surface area contributed by atoms with Crippen LogP contribution in [0.1, 0.15) is 102 Å². The molecule has 14 nitrogen and oxygen atoms in total. The third kappa shape index (κ3) is 9.93. The van der Waals surface area contributed by atoms with Gasteiger partial charge in [0.15, 0.2) is 12.6 Å². The van der Waals surface area contributed by atoms with Gasteiger partial charge in [0.1, 0.15) is 35.1 Å². The van der Waals surface area contributed by atoms with Crippen LogP contribution in [-0.2, 0) is 33.2 Å². The van der Waals surface area contributed by atoms with Crippen LogP contribution in [0.5, 0.6) is 0 Å². The van der Waals surface area contributed by atoms with E-state index in [1.54, 1.807) is 48.5 Å². The van der Waals surface area contributed by atoms with Crippen molar-refractivity contribution in [3.63, 3.8) is 0 Å². The van der Waals surface area contributed by atoms with E-state index in [1.807, 2.05) is 51.7 Å². The number of aliphatic hydroxyl groups excluding tert-OH is 2. The summed E-state index contributed by atoms with van der Waals surface area (Å²) in [5.41, 5.74) is -5.82. The predicted molar refractivity (Wildman–Crippen MR) is 199 cm³/mol. The van der Waals surface area contributed by atoms with Gasteiger partial charge in [-0.2, -0.15) is 0 Å². The Kier molecular flexibility index (Phi) is 15.4. The average Bonchev–Trinajstić information content (AvgIpc) is 3.06. The predicted octanol–water partition coefficient (Wildman–Crippen LogP) is 2.29. The molecular formula is C39H74N2O12. The normalized spacial score (nSPS) is 50.3. The van der Waals surface area contributed by atoms with Gasteiger partial charge in [0.25, 0.3) is 0 Å². The van der Waals surface area contributed by atoms with Crippen LogP contribution in [0, 0.1) is 17.8 Å². The second-order valence-electron chi connectivity index (χ2n) is 17.7. The quantitative estimate of drug-likeness (QED) is 0.239. The number of nitrogens with zero attached hydrogens (tertiary/aromatic N) is 2. The Morgan fingerprint density at radius 3 is 2.09 bits per heavy atom. The number of esters is 1. The summed E-state index contributed by atoms with van der Waals surface area (Å²) in [6.45, 7) is 19.7. The number of rotatable bonds is 7. The number of ether oxygens (including phenoxy) is 6. The van der Waals surface area contributed by atoms with Crippen molar-refractivity contribution in [3.8, 4) is 0 Å². The molecule has 0 saturated carbocycles. The van der Waals surface area contributed by atoms with Gasteiger partial charge in [-0.1, -0.05) is 20.8 Å². The van der Waals surface area contributed by atoms with E-state index in [1.165, 1.54) is 14.0 Å². The first-order chi connectivity index (χ1) is 24.2. The van der Waals surface area contributed by atoms with Crippen LogP contribution in [-0.4, -0.2) is 166 Å². The minimum absolute atomic E-state index is 0.111. The molecule has 1 unspecified atom stereocenters. The lowest BCUT2D eigenvalue weighted by molar-refractivity contribution is -0.334. The van der Waals surface area contributed by atoms with E-state index >= 15 is 0 Å². The lowest BCUT2D eigenvalue weighted by Crippen LogP contribution is -2.65. The summed E-state index contributed by atoms with van der Waals surface area (Å²) in [7, 11) is 7.13. The Labute approximate surface area is 318 Å². The van der Waals surface area contributed by atoms with Crippen molar-refractivity contribution < 1.29 is 58.7 Å². The zero-order valence-corrected chi connectivity index (χ0v) is 35.1. The van der Waals surface area contributed by atoms with Gasteiger partial charge in [-0.15, -0.1) is 0 Å². The number of hydrogen-bond donors (Lipinski definition) is 5. The molecule has 3 saturated heterocycles. The molecule has 0 aromatic heterocycles. The van der Waals surface area contributed by atoms with E-state index in [-0.39, 0.29) is 37.3 Å². The van der Waals surface area contributed by atoms with Crippen LogP contribution in [0.3, 0.4) is 0 Å². The van der Waals surface area contributed by atoms with Crippen molar-refractivity contribution in [3.05, 3.63) is 0 Å². The van der Waals surface area contributed by atoms with Crippen LogP contribution in [0.4, 0.5) is 0 Å². The maximum Gasteiger partial charge on any atom is 0.311 e. The zero-order chi connectivity index (χ0) is 40.6. The molecule has 3 aliphatic rings. The van der Waals surface area contributed by atoms with Crippen LogP contribution in [0.15, 0.2) is 0 Å². The number of aliphatic hydroxyl groups is 5. The molecule has 53 heavy (non-hydrogen) atoms. The van der Waals surface area contributed by atoms with Crippen LogP contribution in [0.2, 0.25) is 0 Å². The summed E-state index contributed by atoms with van der Waals surface area (Å²) in [5.74, 6) is -2.61. The highest BCUT2D eigenvalue weighted by molar-refractivity contribution is 5.73. The van der Waals surface area contributed by atoms with E-state index in [4.69, 9.17) is 28.4 Å². The van der Waals surface area contributed by atoms with Crippen LogP contribution >= 0.6 is 0 Å². The molecule has 3 aliphatic heterocycles. The molecule has 3 heterocycles. The number of carbonyl (C=O) groups excluding carboxylic acids is 1. The van der Waals surface area contributed by atoms with E-state index in [2.05, 4.69) is 0 Å². The molecule has 0 aromatic rings. The van der Waals surface area contributed by atoms with Crippen LogP contribution < -0.4 is 0 Å². The Bertz CT molecular complexity index is 1190. The summed E-state index contributed by atoms with van der Waals surface area (Å²) < 4.78 is 37.8. The van der Waals surface area contributed by atoms with Gasteiger partial charge in [0.2, 0.25) is 0 Å². The molecule has 3 fully saturated rings. The van der Waals surface area contributed by atoms with Gasteiger partial charge in [0.05, 0.1) is 35.9 Å². The summed E-state index contributed by atoms with van der Waals surface area (Å²) in [6, 6.07) is -0.814. The average molecular weight is 763 g/mol. The van der Waals surface area contributed by atoms with Gasteiger partial charge in [0, 0.05) is 38.1 Å². The molecule has 3 rings (SSSR count). The van der Waals surface area contributed by atoms with E-state index in [0.29, 0.717) is 13.0 Å². The highest BCUT2D eigenvalue weighted by Crippen LogP contribution is 2.43. The molecular weight excluding hydrogens is 688 g/mol. The number of hydrogen-bond acceptors (Lipinski definition) is 14. The molecule has 0 radical (unpaired) electrons. The topological polar surface area (TPSA) is 180 Å².